The predicted octanol–water partition coefficient (Wildman–Crippen LogP) is 2.98. The average molecular weight is 387 g/mol. The van der Waals surface area contributed by atoms with E-state index in [0.29, 0.717) is 12.1 Å². The summed E-state index contributed by atoms with van der Waals surface area (Å²) in [6, 6.07) is 18.2. The van der Waals surface area contributed by atoms with Crippen LogP contribution in [0.4, 0.5) is 0 Å². The fourth-order valence-corrected chi connectivity index (χ4v) is 3.89. The molecular formula is C20H17N7S. The molecule has 2 aromatic heterocycles. The number of tetrazole rings is 1. The summed E-state index contributed by atoms with van der Waals surface area (Å²) in [5, 5.41) is 20.1. The molecule has 8 heteroatoms. The second-order valence-corrected chi connectivity index (χ2v) is 7.31. The minimum absolute atomic E-state index is 0.160. The number of benzene rings is 2. The van der Waals surface area contributed by atoms with Crippen molar-refractivity contribution in [3.8, 4) is 0 Å². The lowest BCUT2D eigenvalue weighted by atomic mass is 9.98. The first-order chi connectivity index (χ1) is 13.6. The van der Waals surface area contributed by atoms with Crippen LogP contribution in [-0.2, 0) is 0 Å². The van der Waals surface area contributed by atoms with Crippen molar-refractivity contribution >= 4 is 39.6 Å². The van der Waals surface area contributed by atoms with Crippen LogP contribution in [0.1, 0.15) is 29.2 Å². The molecule has 0 spiro atoms. The second-order valence-electron chi connectivity index (χ2n) is 6.89. The summed E-state index contributed by atoms with van der Waals surface area (Å²) in [7, 11) is 0. The Labute approximate surface area is 166 Å². The van der Waals surface area contributed by atoms with Crippen molar-refractivity contribution in [3.63, 3.8) is 0 Å². The molecule has 2 N–H and O–H groups in total. The summed E-state index contributed by atoms with van der Waals surface area (Å²) in [6.07, 6.45) is 0.668. The monoisotopic (exact) mass is 387 g/mol. The maximum Gasteiger partial charge on any atom is 0.187 e. The van der Waals surface area contributed by atoms with Crippen molar-refractivity contribution in [1.29, 1.82) is 0 Å². The lowest BCUT2D eigenvalue weighted by Gasteiger charge is -2.22. The highest BCUT2D eigenvalue weighted by Gasteiger charge is 2.33. The molecule has 5 rings (SSSR count). The summed E-state index contributed by atoms with van der Waals surface area (Å²) >= 11 is 5.29. The van der Waals surface area contributed by atoms with E-state index < -0.39 is 0 Å². The molecule has 0 amide bonds. The molecule has 0 saturated heterocycles. The molecule has 0 fully saturated rings. The van der Waals surface area contributed by atoms with Crippen molar-refractivity contribution in [2.45, 2.75) is 19.4 Å². The molecule has 1 unspecified atom stereocenters. The first-order valence-corrected chi connectivity index (χ1v) is 9.35. The van der Waals surface area contributed by atoms with Gasteiger partial charge in [0.25, 0.3) is 0 Å². The number of nitrogens with zero attached hydrogens (tertiary/aromatic N) is 6. The van der Waals surface area contributed by atoms with Crippen LogP contribution in [0.3, 0.4) is 0 Å². The summed E-state index contributed by atoms with van der Waals surface area (Å²) in [5.74, 6) is 0. The van der Waals surface area contributed by atoms with Gasteiger partial charge in [0.15, 0.2) is 10.8 Å². The van der Waals surface area contributed by atoms with Crippen LogP contribution in [0.2, 0.25) is 0 Å². The number of hydrazone groups is 1. The zero-order chi connectivity index (χ0) is 19.3. The number of fused-ring (bicyclic) bond motifs is 3. The number of aromatic nitrogens is 4. The van der Waals surface area contributed by atoms with E-state index in [4.69, 9.17) is 23.1 Å². The Kier molecular flexibility index (Phi) is 3.80. The highest BCUT2D eigenvalue weighted by molar-refractivity contribution is 7.80. The van der Waals surface area contributed by atoms with Gasteiger partial charge in [-0.3, -0.25) is 0 Å². The van der Waals surface area contributed by atoms with E-state index >= 15 is 0 Å². The molecule has 2 aromatic carbocycles. The van der Waals surface area contributed by atoms with Crippen LogP contribution in [0.5, 0.6) is 0 Å². The van der Waals surface area contributed by atoms with E-state index in [1.54, 1.807) is 9.52 Å². The van der Waals surface area contributed by atoms with Crippen molar-refractivity contribution in [3.05, 3.63) is 71.3 Å². The van der Waals surface area contributed by atoms with Gasteiger partial charge in [-0.25, -0.2) is 5.01 Å². The smallest absolute Gasteiger partial charge is 0.187 e. The number of hydrogen-bond acceptors (Lipinski definition) is 5. The van der Waals surface area contributed by atoms with E-state index in [0.717, 1.165) is 33.3 Å². The molecule has 0 bridgehead atoms. The number of nitrogens with two attached hydrogens (primary N) is 1. The van der Waals surface area contributed by atoms with Crippen LogP contribution < -0.4 is 5.73 Å². The second kappa shape index (κ2) is 6.35. The molecule has 0 saturated carbocycles. The predicted molar refractivity (Wildman–Crippen MR) is 112 cm³/mol. The summed E-state index contributed by atoms with van der Waals surface area (Å²) < 4.78 is 1.77. The third-order valence-corrected chi connectivity index (χ3v) is 5.24. The van der Waals surface area contributed by atoms with Crippen LogP contribution >= 0.6 is 12.2 Å². The number of rotatable bonds is 2. The van der Waals surface area contributed by atoms with Gasteiger partial charge in [0.2, 0.25) is 0 Å². The normalized spacial score (nSPS) is 16.7. The fraction of sp³-hybridized carbons (Fsp3) is 0.150. The van der Waals surface area contributed by atoms with Crippen molar-refractivity contribution in [2.24, 2.45) is 10.8 Å². The van der Waals surface area contributed by atoms with Crippen molar-refractivity contribution < 1.29 is 0 Å². The van der Waals surface area contributed by atoms with E-state index in [-0.39, 0.29) is 11.2 Å². The molecular weight excluding hydrogens is 370 g/mol. The lowest BCUT2D eigenvalue weighted by Crippen LogP contribution is -2.32. The highest BCUT2D eigenvalue weighted by atomic mass is 32.1. The van der Waals surface area contributed by atoms with Gasteiger partial charge < -0.3 is 5.73 Å². The van der Waals surface area contributed by atoms with E-state index in [1.807, 2.05) is 30.3 Å². The van der Waals surface area contributed by atoms with Crippen LogP contribution in [0.25, 0.3) is 16.6 Å². The summed E-state index contributed by atoms with van der Waals surface area (Å²) in [4.78, 5) is 0. The topological polar surface area (TPSA) is 84.7 Å². The maximum absolute atomic E-state index is 6.01. The highest BCUT2D eigenvalue weighted by Crippen LogP contribution is 2.35. The van der Waals surface area contributed by atoms with Gasteiger partial charge in [-0.05, 0) is 52.8 Å². The maximum atomic E-state index is 6.01. The first kappa shape index (κ1) is 16.8. The van der Waals surface area contributed by atoms with Gasteiger partial charge in [-0.1, -0.05) is 42.5 Å². The molecule has 28 heavy (non-hydrogen) atoms. The lowest BCUT2D eigenvalue weighted by molar-refractivity contribution is 0.374. The van der Waals surface area contributed by atoms with E-state index in [9.17, 15) is 0 Å². The molecule has 0 aliphatic carbocycles. The Morgan fingerprint density at radius 2 is 1.96 bits per heavy atom. The van der Waals surface area contributed by atoms with Crippen LogP contribution in [0, 0.1) is 6.92 Å². The standard InChI is InChI=1S/C20H17N7S/c1-12-7-8-14-10-15(19-22-24-25-26(19)17(14)9-12)18-11-16(23-27(18)20(21)28)13-5-3-2-4-6-13/h2-10,18H,11H2,1H3,(H2,21,28). The molecule has 0 radical (unpaired) electrons. The Balaban J connectivity index is 1.67. The zero-order valence-electron chi connectivity index (χ0n) is 15.1. The van der Waals surface area contributed by atoms with Crippen molar-refractivity contribution in [2.75, 3.05) is 0 Å². The minimum Gasteiger partial charge on any atom is -0.375 e. The van der Waals surface area contributed by atoms with E-state index in [1.165, 1.54) is 0 Å². The van der Waals surface area contributed by atoms with Gasteiger partial charge >= 0.3 is 0 Å². The van der Waals surface area contributed by atoms with Gasteiger partial charge in [-0.2, -0.15) is 9.62 Å². The first-order valence-electron chi connectivity index (χ1n) is 8.95. The summed E-state index contributed by atoms with van der Waals surface area (Å²) in [5.41, 5.74) is 11.8. The van der Waals surface area contributed by atoms with Gasteiger partial charge in [-0.15, -0.1) is 5.10 Å². The molecule has 1 atom stereocenters. The third kappa shape index (κ3) is 2.61. The Morgan fingerprint density at radius 1 is 1.14 bits per heavy atom. The van der Waals surface area contributed by atoms with E-state index in [2.05, 4.69) is 46.7 Å². The summed E-state index contributed by atoms with van der Waals surface area (Å²) in [6.45, 7) is 2.05. The molecule has 4 aromatic rings. The number of pyridine rings is 1. The van der Waals surface area contributed by atoms with Gasteiger partial charge in [0, 0.05) is 17.4 Å². The van der Waals surface area contributed by atoms with Gasteiger partial charge in [0.05, 0.1) is 17.3 Å². The van der Waals surface area contributed by atoms with Gasteiger partial charge in [0.1, 0.15) is 0 Å². The number of thiocarbonyl (C=S) groups is 1. The Morgan fingerprint density at radius 3 is 2.75 bits per heavy atom. The Hall–Kier alpha value is -3.39. The molecule has 1 aliphatic rings. The molecule has 3 heterocycles. The molecule has 138 valence electrons. The van der Waals surface area contributed by atoms with Crippen LogP contribution in [-0.4, -0.2) is 35.9 Å². The third-order valence-electron chi connectivity index (χ3n) is 5.06. The van der Waals surface area contributed by atoms with Crippen LogP contribution in [0.15, 0.2) is 59.7 Å². The largest absolute Gasteiger partial charge is 0.375 e. The SMILES string of the molecule is Cc1ccc2cc(C3CC(c4ccccc4)=NN3C(N)=S)c3nnnn3c2c1. The zero-order valence-corrected chi connectivity index (χ0v) is 16.0. The van der Waals surface area contributed by atoms with Crippen molar-refractivity contribution in [1.82, 2.24) is 25.0 Å². The number of hydrogen-bond donors (Lipinski definition) is 1. The molecule has 7 nitrogen and oxygen atoms in total. The quantitative estimate of drug-likeness (QED) is 0.532. The Bertz CT molecular complexity index is 1250. The average Bonchev–Trinajstić information content (AvgIpc) is 3.36. The fourth-order valence-electron chi connectivity index (χ4n) is 3.73. The molecule has 1 aliphatic heterocycles. The minimum atomic E-state index is -0.160. The number of aryl methyl sites for hydroxylation is 1.